The van der Waals surface area contributed by atoms with E-state index in [2.05, 4.69) is 0 Å². The zero-order chi connectivity index (χ0) is 9.00. The molecule has 0 saturated carbocycles. The zero-order valence-corrected chi connectivity index (χ0v) is 8.87. The maximum absolute atomic E-state index is 8.74. The fourth-order valence-corrected chi connectivity index (χ4v) is 0. The minimum Gasteiger partial charge on any atom is -1.00 e. The minimum absolute atomic E-state index is 0. The van der Waals surface area contributed by atoms with E-state index in [1.54, 1.807) is 0 Å². The molecule has 0 aromatic heterocycles. The Morgan fingerprint density at radius 3 is 0.750 bits per heavy atom. The van der Waals surface area contributed by atoms with Crippen LogP contribution in [0.25, 0.3) is 0 Å². The van der Waals surface area contributed by atoms with Gasteiger partial charge < -0.3 is 1.43 Å². The van der Waals surface area contributed by atoms with Gasteiger partial charge in [0.05, 0.1) is 0 Å². The molecule has 0 saturated heterocycles. The van der Waals surface area contributed by atoms with Gasteiger partial charge in [-0.1, -0.05) is 7.43 Å². The first-order valence-corrected chi connectivity index (χ1v) is 4.19. The first-order valence-electron chi connectivity index (χ1n) is 1.40. The molecular formula is CH9NaO8S2. The number of hydrogen-bond donors (Lipinski definition) is 4. The topological polar surface area (TPSA) is 149 Å². The summed E-state index contributed by atoms with van der Waals surface area (Å²) in [5.41, 5.74) is 0. The van der Waals surface area contributed by atoms with Crippen molar-refractivity contribution >= 4 is 20.8 Å². The molecule has 12 heavy (non-hydrogen) atoms. The molecule has 0 heterocycles. The van der Waals surface area contributed by atoms with Crippen molar-refractivity contribution in [2.45, 2.75) is 7.43 Å². The summed E-state index contributed by atoms with van der Waals surface area (Å²) in [5, 5.41) is 0. The predicted molar refractivity (Wildman–Crippen MR) is 36.2 cm³/mol. The summed E-state index contributed by atoms with van der Waals surface area (Å²) in [5.74, 6) is 0. The van der Waals surface area contributed by atoms with Gasteiger partial charge in [0.2, 0.25) is 0 Å². The first-order chi connectivity index (χ1) is 4.00. The van der Waals surface area contributed by atoms with Gasteiger partial charge in [-0.05, 0) is 0 Å². The maximum atomic E-state index is 8.74. The molecule has 4 N–H and O–H groups in total. The average Bonchev–Trinajstić information content (AvgIpc) is 1.12. The van der Waals surface area contributed by atoms with Gasteiger partial charge in [-0.15, -0.1) is 0 Å². The Balaban J connectivity index is -0.0000000267. The summed E-state index contributed by atoms with van der Waals surface area (Å²) in [4.78, 5) is 0. The second kappa shape index (κ2) is 8.34. The molecule has 74 valence electrons. The molecule has 0 rings (SSSR count). The minimum atomic E-state index is -4.67. The molecule has 0 aliphatic heterocycles. The number of rotatable bonds is 0. The quantitative estimate of drug-likeness (QED) is 0.249. The van der Waals surface area contributed by atoms with Crippen LogP contribution in [0.5, 0.6) is 0 Å². The van der Waals surface area contributed by atoms with Gasteiger partial charge in [0.25, 0.3) is 0 Å². The Morgan fingerprint density at radius 2 is 0.750 bits per heavy atom. The molecule has 0 atom stereocenters. The third-order valence-corrected chi connectivity index (χ3v) is 0. The molecule has 0 unspecified atom stereocenters. The van der Waals surface area contributed by atoms with Crippen LogP contribution >= 0.6 is 0 Å². The van der Waals surface area contributed by atoms with Gasteiger partial charge in [-0.2, -0.15) is 16.8 Å². The molecule has 0 bridgehead atoms. The van der Waals surface area contributed by atoms with Gasteiger partial charge in [0.1, 0.15) is 0 Å². The maximum Gasteiger partial charge on any atom is 1.00 e. The fourth-order valence-electron chi connectivity index (χ4n) is 0. The van der Waals surface area contributed by atoms with Crippen molar-refractivity contribution in [1.29, 1.82) is 0 Å². The Morgan fingerprint density at radius 1 is 0.750 bits per heavy atom. The van der Waals surface area contributed by atoms with Gasteiger partial charge >= 0.3 is 50.4 Å². The fraction of sp³-hybridized carbons (Fsp3) is 1.00. The van der Waals surface area contributed by atoms with Gasteiger partial charge in [-0.25, -0.2) is 0 Å². The van der Waals surface area contributed by atoms with E-state index in [9.17, 15) is 0 Å². The standard InChI is InChI=1S/CH4.Na.2H2O4S.H/c;;2*1-5(2,3)4;/h1H4;;2*(H2,1,2,3,4);/q;+1;;;-1. The SMILES string of the molecule is C.O=S(=O)(O)O.O=S(=O)(O)O.[H-].[Na+]. The molecule has 0 spiro atoms. The molecule has 0 aromatic rings. The molecular weight excluding hydrogens is 227 g/mol. The summed E-state index contributed by atoms with van der Waals surface area (Å²) in [7, 11) is -9.33. The second-order valence-corrected chi connectivity index (χ2v) is 2.69. The third kappa shape index (κ3) is 1860. The van der Waals surface area contributed by atoms with Gasteiger partial charge in [0, 0.05) is 0 Å². The molecule has 0 radical (unpaired) electrons. The molecule has 0 aromatic carbocycles. The van der Waals surface area contributed by atoms with E-state index in [1.165, 1.54) is 0 Å². The van der Waals surface area contributed by atoms with E-state index in [4.69, 9.17) is 35.0 Å². The van der Waals surface area contributed by atoms with Gasteiger partial charge in [0.15, 0.2) is 0 Å². The predicted octanol–water partition coefficient (Wildman–Crippen LogP) is -3.55. The van der Waals surface area contributed by atoms with E-state index < -0.39 is 20.8 Å². The Hall–Kier alpha value is 0.740. The molecule has 8 nitrogen and oxygen atoms in total. The second-order valence-electron chi connectivity index (χ2n) is 0.896. The summed E-state index contributed by atoms with van der Waals surface area (Å²) in [6.07, 6.45) is 0. The Kier molecular flexibility index (Phi) is 16.0. The third-order valence-electron chi connectivity index (χ3n) is 0. The van der Waals surface area contributed by atoms with E-state index in [0.29, 0.717) is 0 Å². The van der Waals surface area contributed by atoms with Crippen molar-refractivity contribution in [2.75, 3.05) is 0 Å². The van der Waals surface area contributed by atoms with Crippen molar-refractivity contribution in [3.63, 3.8) is 0 Å². The molecule has 11 heteroatoms. The van der Waals surface area contributed by atoms with E-state index in [1.807, 2.05) is 0 Å². The van der Waals surface area contributed by atoms with Crippen molar-refractivity contribution < 1.29 is 66.0 Å². The summed E-state index contributed by atoms with van der Waals surface area (Å²) in [6.45, 7) is 0. The van der Waals surface area contributed by atoms with Crippen molar-refractivity contribution in [1.82, 2.24) is 0 Å². The molecule has 0 fully saturated rings. The Bertz CT molecular complexity index is 219. The van der Waals surface area contributed by atoms with Crippen LogP contribution in [0.3, 0.4) is 0 Å². The van der Waals surface area contributed by atoms with Crippen LogP contribution in [0, 0.1) is 0 Å². The van der Waals surface area contributed by atoms with Crippen LogP contribution in [0.2, 0.25) is 0 Å². The monoisotopic (exact) mass is 236 g/mol. The summed E-state index contributed by atoms with van der Waals surface area (Å²) < 4.78 is 63.2. The van der Waals surface area contributed by atoms with E-state index >= 15 is 0 Å². The van der Waals surface area contributed by atoms with Crippen molar-refractivity contribution in [3.05, 3.63) is 0 Å². The van der Waals surface area contributed by atoms with Crippen LogP contribution in [-0.2, 0) is 20.8 Å². The van der Waals surface area contributed by atoms with Crippen molar-refractivity contribution in [3.8, 4) is 0 Å². The zero-order valence-electron chi connectivity index (χ0n) is 6.24. The van der Waals surface area contributed by atoms with E-state index in [0.717, 1.165) is 0 Å². The number of hydrogen-bond acceptors (Lipinski definition) is 4. The largest absolute Gasteiger partial charge is 1.00 e. The molecule has 0 amide bonds. The van der Waals surface area contributed by atoms with Crippen molar-refractivity contribution in [2.24, 2.45) is 0 Å². The molecule has 0 aliphatic carbocycles. The van der Waals surface area contributed by atoms with E-state index in [-0.39, 0.29) is 38.4 Å². The normalized spacial score (nSPS) is 9.67. The van der Waals surface area contributed by atoms with Gasteiger partial charge in [-0.3, -0.25) is 18.2 Å². The average molecular weight is 236 g/mol. The van der Waals surface area contributed by atoms with Crippen LogP contribution in [-0.4, -0.2) is 35.0 Å². The smallest absolute Gasteiger partial charge is 1.00 e. The summed E-state index contributed by atoms with van der Waals surface area (Å²) in [6, 6.07) is 0. The first kappa shape index (κ1) is 23.0. The summed E-state index contributed by atoms with van der Waals surface area (Å²) >= 11 is 0. The van der Waals surface area contributed by atoms with Crippen LogP contribution in [0.15, 0.2) is 0 Å². The van der Waals surface area contributed by atoms with Crippen LogP contribution < -0.4 is 29.6 Å². The Labute approximate surface area is 93.9 Å². The van der Waals surface area contributed by atoms with Crippen LogP contribution in [0.4, 0.5) is 0 Å². The van der Waals surface area contributed by atoms with Crippen LogP contribution in [0.1, 0.15) is 8.85 Å². The molecule has 0 aliphatic rings.